The fourth-order valence-electron chi connectivity index (χ4n) is 3.52. The highest BCUT2D eigenvalue weighted by atomic mass is 16.5. The van der Waals surface area contributed by atoms with Crippen LogP contribution in [-0.4, -0.2) is 13.3 Å². The minimum Gasteiger partial charge on any atom is -0.497 e. The van der Waals surface area contributed by atoms with Crippen LogP contribution in [0.1, 0.15) is 28.3 Å². The Bertz CT molecular complexity index is 1120. The number of ether oxygens (including phenoxy) is 2. The van der Waals surface area contributed by atoms with E-state index in [9.17, 15) is 0 Å². The number of rotatable bonds is 9. The minimum atomic E-state index is 0.0253. The summed E-state index contributed by atoms with van der Waals surface area (Å²) in [6.45, 7) is 0.560. The molecule has 4 aromatic carbocycles. The second-order valence-corrected chi connectivity index (χ2v) is 7.60. The zero-order valence-electron chi connectivity index (χ0n) is 18.2. The molecule has 0 fully saturated rings. The van der Waals surface area contributed by atoms with E-state index in [0.717, 1.165) is 29.0 Å². The third-order valence-electron chi connectivity index (χ3n) is 5.28. The van der Waals surface area contributed by atoms with Crippen LogP contribution in [0, 0.1) is 0 Å². The number of methoxy groups -OCH3 is 1. The maximum Gasteiger partial charge on any atom is 0.119 e. The van der Waals surface area contributed by atoms with Crippen LogP contribution in [0.4, 0.5) is 0 Å². The molecule has 0 amide bonds. The van der Waals surface area contributed by atoms with E-state index in [2.05, 4.69) is 48.5 Å². The van der Waals surface area contributed by atoms with Crippen molar-refractivity contribution < 1.29 is 9.47 Å². The Morgan fingerprint density at radius 3 is 2.12 bits per heavy atom. The lowest BCUT2D eigenvalue weighted by Gasteiger charge is -2.14. The molecule has 0 saturated heterocycles. The summed E-state index contributed by atoms with van der Waals surface area (Å²) in [5, 5.41) is 0. The molecule has 1 unspecified atom stereocenters. The first-order valence-corrected chi connectivity index (χ1v) is 10.8. The number of aliphatic imine (C=N–C) groups is 1. The summed E-state index contributed by atoms with van der Waals surface area (Å²) in [6, 6.07) is 36.8. The summed E-state index contributed by atoms with van der Waals surface area (Å²) in [6.07, 6.45) is 2.74. The van der Waals surface area contributed by atoms with Gasteiger partial charge in [-0.3, -0.25) is 4.99 Å². The summed E-state index contributed by atoms with van der Waals surface area (Å²) in [5.41, 5.74) is 4.58. The van der Waals surface area contributed by atoms with Crippen LogP contribution in [0.25, 0.3) is 0 Å². The normalized spacial score (nSPS) is 11.9. The van der Waals surface area contributed by atoms with Gasteiger partial charge in [0.05, 0.1) is 13.2 Å². The second kappa shape index (κ2) is 11.0. The van der Waals surface area contributed by atoms with E-state index < -0.39 is 0 Å². The van der Waals surface area contributed by atoms with Crippen LogP contribution in [0.15, 0.2) is 114 Å². The van der Waals surface area contributed by atoms with Crippen LogP contribution in [0.2, 0.25) is 0 Å². The van der Waals surface area contributed by atoms with E-state index in [1.165, 1.54) is 11.1 Å². The van der Waals surface area contributed by atoms with E-state index in [1.54, 1.807) is 7.11 Å². The Hall–Kier alpha value is -3.85. The minimum absolute atomic E-state index is 0.0253. The molecule has 0 aromatic heterocycles. The molecule has 1 atom stereocenters. The zero-order valence-corrected chi connectivity index (χ0v) is 18.2. The van der Waals surface area contributed by atoms with Gasteiger partial charge < -0.3 is 9.47 Å². The lowest BCUT2D eigenvalue weighted by molar-refractivity contribution is 0.306. The topological polar surface area (TPSA) is 30.8 Å². The number of benzene rings is 4. The summed E-state index contributed by atoms with van der Waals surface area (Å²) in [5.74, 6) is 1.71. The highest BCUT2D eigenvalue weighted by Crippen LogP contribution is 2.24. The molecular formula is C29H27NO2. The Balaban J connectivity index is 1.45. The van der Waals surface area contributed by atoms with Crippen LogP contribution in [-0.2, 0) is 13.0 Å². The highest BCUT2D eigenvalue weighted by molar-refractivity contribution is 5.80. The highest BCUT2D eigenvalue weighted by Gasteiger charge is 2.11. The van der Waals surface area contributed by atoms with Crippen molar-refractivity contribution in [2.24, 2.45) is 4.99 Å². The van der Waals surface area contributed by atoms with Gasteiger partial charge in [-0.1, -0.05) is 72.8 Å². The maximum atomic E-state index is 5.89. The third kappa shape index (κ3) is 6.08. The molecule has 0 aliphatic rings. The summed E-state index contributed by atoms with van der Waals surface area (Å²) in [7, 11) is 1.69. The molecular weight excluding hydrogens is 394 g/mol. The molecule has 0 aliphatic heterocycles. The average molecular weight is 422 g/mol. The molecule has 0 bridgehead atoms. The van der Waals surface area contributed by atoms with Crippen molar-refractivity contribution in [2.75, 3.05) is 7.11 Å². The van der Waals surface area contributed by atoms with Gasteiger partial charge in [0.1, 0.15) is 18.1 Å². The Kier molecular flexibility index (Phi) is 7.33. The molecule has 0 saturated carbocycles. The SMILES string of the molecule is COc1cccc(CC(/N=C/c2ccc(OCc3ccccc3)cc2)c2ccccc2)c1. The van der Waals surface area contributed by atoms with Crippen LogP contribution in [0.5, 0.6) is 11.5 Å². The Morgan fingerprint density at radius 1 is 0.719 bits per heavy atom. The van der Waals surface area contributed by atoms with E-state index >= 15 is 0 Å². The van der Waals surface area contributed by atoms with Gasteiger partial charge in [-0.15, -0.1) is 0 Å². The fourth-order valence-corrected chi connectivity index (χ4v) is 3.52. The predicted molar refractivity (Wildman–Crippen MR) is 131 cm³/mol. The summed E-state index contributed by atoms with van der Waals surface area (Å²) >= 11 is 0. The third-order valence-corrected chi connectivity index (χ3v) is 5.28. The van der Waals surface area contributed by atoms with Crippen LogP contribution >= 0.6 is 0 Å². The van der Waals surface area contributed by atoms with Gasteiger partial charge in [0, 0.05) is 6.21 Å². The molecule has 3 heteroatoms. The quantitative estimate of drug-likeness (QED) is 0.282. The monoisotopic (exact) mass is 421 g/mol. The molecule has 4 aromatic rings. The Morgan fingerprint density at radius 2 is 1.41 bits per heavy atom. The summed E-state index contributed by atoms with van der Waals surface area (Å²) < 4.78 is 11.3. The van der Waals surface area contributed by atoms with Crippen molar-refractivity contribution >= 4 is 6.21 Å². The summed E-state index contributed by atoms with van der Waals surface area (Å²) in [4.78, 5) is 4.93. The van der Waals surface area contributed by atoms with Gasteiger partial charge in [0.15, 0.2) is 0 Å². The van der Waals surface area contributed by atoms with E-state index in [4.69, 9.17) is 14.5 Å². The van der Waals surface area contributed by atoms with Crippen molar-refractivity contribution in [2.45, 2.75) is 19.1 Å². The molecule has 0 heterocycles. The van der Waals surface area contributed by atoms with Gasteiger partial charge in [0.25, 0.3) is 0 Å². The first-order chi connectivity index (χ1) is 15.8. The molecule has 0 aliphatic carbocycles. The first kappa shape index (κ1) is 21.4. The molecule has 0 spiro atoms. The molecule has 0 N–H and O–H groups in total. The lowest BCUT2D eigenvalue weighted by atomic mass is 9.99. The number of nitrogens with zero attached hydrogens (tertiary/aromatic N) is 1. The van der Waals surface area contributed by atoms with Gasteiger partial charge in [-0.25, -0.2) is 0 Å². The lowest BCUT2D eigenvalue weighted by Crippen LogP contribution is -2.01. The first-order valence-electron chi connectivity index (χ1n) is 10.8. The Labute approximate surface area is 190 Å². The van der Waals surface area contributed by atoms with E-state index in [-0.39, 0.29) is 6.04 Å². The number of hydrogen-bond donors (Lipinski definition) is 0. The van der Waals surface area contributed by atoms with Crippen molar-refractivity contribution in [3.05, 3.63) is 131 Å². The van der Waals surface area contributed by atoms with Gasteiger partial charge in [-0.05, 0) is 65.1 Å². The van der Waals surface area contributed by atoms with Crippen molar-refractivity contribution in [1.82, 2.24) is 0 Å². The van der Waals surface area contributed by atoms with Crippen molar-refractivity contribution in [3.63, 3.8) is 0 Å². The molecule has 4 rings (SSSR count). The van der Waals surface area contributed by atoms with Gasteiger partial charge >= 0.3 is 0 Å². The standard InChI is InChI=1S/C29H27NO2/c1-31-28-14-8-11-25(19-28)20-29(26-12-6-3-7-13-26)30-21-23-15-17-27(18-16-23)32-22-24-9-4-2-5-10-24/h2-19,21,29H,20,22H2,1H3/b30-21+. The smallest absolute Gasteiger partial charge is 0.119 e. The molecule has 160 valence electrons. The second-order valence-electron chi connectivity index (χ2n) is 7.60. The van der Waals surface area contributed by atoms with Gasteiger partial charge in [0.2, 0.25) is 0 Å². The fraction of sp³-hybridized carbons (Fsp3) is 0.138. The average Bonchev–Trinajstić information content (AvgIpc) is 2.87. The molecule has 3 nitrogen and oxygen atoms in total. The van der Waals surface area contributed by atoms with Crippen molar-refractivity contribution in [1.29, 1.82) is 0 Å². The predicted octanol–water partition coefficient (Wildman–Crippen LogP) is 6.68. The van der Waals surface area contributed by atoms with E-state index in [1.807, 2.05) is 66.9 Å². The number of hydrogen-bond acceptors (Lipinski definition) is 3. The van der Waals surface area contributed by atoms with E-state index in [0.29, 0.717) is 6.61 Å². The van der Waals surface area contributed by atoms with Crippen LogP contribution in [0.3, 0.4) is 0 Å². The van der Waals surface area contributed by atoms with Gasteiger partial charge in [-0.2, -0.15) is 0 Å². The molecule has 0 radical (unpaired) electrons. The molecule has 32 heavy (non-hydrogen) atoms. The maximum absolute atomic E-state index is 5.89. The largest absolute Gasteiger partial charge is 0.497 e. The van der Waals surface area contributed by atoms with Crippen molar-refractivity contribution in [3.8, 4) is 11.5 Å². The zero-order chi connectivity index (χ0) is 22.0. The van der Waals surface area contributed by atoms with Crippen LogP contribution < -0.4 is 9.47 Å².